The van der Waals surface area contributed by atoms with Crippen molar-refractivity contribution in [1.29, 1.82) is 0 Å². The summed E-state index contributed by atoms with van der Waals surface area (Å²) in [7, 11) is 0. The zero-order valence-electron chi connectivity index (χ0n) is 14.1. The molecule has 0 bridgehead atoms. The summed E-state index contributed by atoms with van der Waals surface area (Å²) in [6, 6.07) is 13.9. The Balaban J connectivity index is 1.85. The lowest BCUT2D eigenvalue weighted by Crippen LogP contribution is -2.17. The molecule has 2 aromatic carbocycles. The summed E-state index contributed by atoms with van der Waals surface area (Å²) < 4.78 is 0. The number of nitrogen functional groups attached to an aromatic ring is 1. The van der Waals surface area contributed by atoms with Crippen LogP contribution in [-0.4, -0.2) is 21.8 Å². The van der Waals surface area contributed by atoms with Crippen molar-refractivity contribution in [2.45, 2.75) is 6.92 Å². The summed E-state index contributed by atoms with van der Waals surface area (Å²) in [5, 5.41) is 2.68. The fourth-order valence-electron chi connectivity index (χ4n) is 2.34. The third-order valence-electron chi connectivity index (χ3n) is 3.79. The molecule has 1 heterocycles. The van der Waals surface area contributed by atoms with Crippen LogP contribution in [0.2, 0.25) is 0 Å². The molecule has 0 spiro atoms. The smallest absolute Gasteiger partial charge is 0.278 e. The van der Waals surface area contributed by atoms with Gasteiger partial charge in [-0.25, -0.2) is 9.97 Å². The SMILES string of the molecule is Cc1ccc(-c2cnc(N)c(C(=O)Nc3ccc(C(N)=O)cc3)n2)cc1. The number of hydrogen-bond acceptors (Lipinski definition) is 5. The molecule has 2 amide bonds. The Kier molecular flexibility index (Phi) is 4.62. The van der Waals surface area contributed by atoms with Crippen LogP contribution < -0.4 is 16.8 Å². The molecule has 7 heteroatoms. The van der Waals surface area contributed by atoms with E-state index in [2.05, 4.69) is 15.3 Å². The number of anilines is 2. The average Bonchev–Trinajstić information content (AvgIpc) is 2.63. The minimum absolute atomic E-state index is 0.0297. The summed E-state index contributed by atoms with van der Waals surface area (Å²) in [5.74, 6) is -0.994. The second-order valence-electron chi connectivity index (χ2n) is 5.75. The normalized spacial score (nSPS) is 10.3. The molecule has 1 aromatic heterocycles. The molecule has 0 atom stereocenters. The van der Waals surface area contributed by atoms with Gasteiger partial charge in [-0.1, -0.05) is 29.8 Å². The standard InChI is InChI=1S/C19H17N5O2/c1-11-2-4-12(5-3-11)15-10-22-17(20)16(24-15)19(26)23-14-8-6-13(7-9-14)18(21)25/h2-10H,1H3,(H2,20,22)(H2,21,25)(H,23,26). The lowest BCUT2D eigenvalue weighted by atomic mass is 10.1. The van der Waals surface area contributed by atoms with Gasteiger partial charge in [-0.3, -0.25) is 9.59 Å². The third kappa shape index (κ3) is 3.67. The lowest BCUT2D eigenvalue weighted by Gasteiger charge is -2.09. The molecule has 0 radical (unpaired) electrons. The first-order valence-electron chi connectivity index (χ1n) is 7.85. The van der Waals surface area contributed by atoms with Gasteiger partial charge in [0.2, 0.25) is 5.91 Å². The molecule has 0 fully saturated rings. The van der Waals surface area contributed by atoms with Gasteiger partial charge in [0.15, 0.2) is 11.5 Å². The third-order valence-corrected chi connectivity index (χ3v) is 3.79. The van der Waals surface area contributed by atoms with Crippen molar-refractivity contribution in [3.8, 4) is 11.3 Å². The van der Waals surface area contributed by atoms with E-state index in [9.17, 15) is 9.59 Å². The number of benzene rings is 2. The van der Waals surface area contributed by atoms with Crippen LogP contribution in [0.25, 0.3) is 11.3 Å². The highest BCUT2D eigenvalue weighted by atomic mass is 16.2. The fraction of sp³-hybridized carbons (Fsp3) is 0.0526. The zero-order valence-corrected chi connectivity index (χ0v) is 14.1. The van der Waals surface area contributed by atoms with Gasteiger partial charge in [0.05, 0.1) is 11.9 Å². The monoisotopic (exact) mass is 347 g/mol. The molecule has 26 heavy (non-hydrogen) atoms. The molecule has 0 aliphatic carbocycles. The zero-order chi connectivity index (χ0) is 18.7. The molecule has 0 aliphatic heterocycles. The van der Waals surface area contributed by atoms with E-state index in [4.69, 9.17) is 11.5 Å². The second-order valence-corrected chi connectivity index (χ2v) is 5.75. The van der Waals surface area contributed by atoms with Crippen molar-refractivity contribution < 1.29 is 9.59 Å². The van der Waals surface area contributed by atoms with Crippen molar-refractivity contribution in [1.82, 2.24) is 9.97 Å². The summed E-state index contributed by atoms with van der Waals surface area (Å²) in [6.07, 6.45) is 1.53. The maximum Gasteiger partial charge on any atom is 0.278 e. The largest absolute Gasteiger partial charge is 0.382 e. The van der Waals surface area contributed by atoms with E-state index in [0.29, 0.717) is 16.9 Å². The van der Waals surface area contributed by atoms with E-state index in [-0.39, 0.29) is 11.5 Å². The van der Waals surface area contributed by atoms with E-state index < -0.39 is 11.8 Å². The van der Waals surface area contributed by atoms with Gasteiger partial charge in [0.25, 0.3) is 5.91 Å². The first kappa shape index (κ1) is 17.1. The van der Waals surface area contributed by atoms with E-state index in [0.717, 1.165) is 11.1 Å². The van der Waals surface area contributed by atoms with Crippen LogP contribution in [0, 0.1) is 6.92 Å². The number of aromatic nitrogens is 2. The highest BCUT2D eigenvalue weighted by Crippen LogP contribution is 2.20. The van der Waals surface area contributed by atoms with Gasteiger partial charge >= 0.3 is 0 Å². The van der Waals surface area contributed by atoms with Crippen molar-refractivity contribution in [2.24, 2.45) is 5.73 Å². The number of amides is 2. The van der Waals surface area contributed by atoms with E-state index in [1.165, 1.54) is 18.3 Å². The molecule has 5 N–H and O–H groups in total. The number of carbonyl (C=O) groups excluding carboxylic acids is 2. The second kappa shape index (κ2) is 7.02. The van der Waals surface area contributed by atoms with Crippen LogP contribution in [0.1, 0.15) is 26.4 Å². The molecular formula is C19H17N5O2. The summed E-state index contributed by atoms with van der Waals surface area (Å²) in [6.45, 7) is 1.99. The predicted octanol–water partition coefficient (Wildman–Crippen LogP) is 2.39. The number of rotatable bonds is 4. The molecular weight excluding hydrogens is 330 g/mol. The predicted molar refractivity (Wildman–Crippen MR) is 99.5 cm³/mol. The van der Waals surface area contributed by atoms with Crippen LogP contribution >= 0.6 is 0 Å². The maximum atomic E-state index is 12.5. The molecule has 7 nitrogen and oxygen atoms in total. The fourth-order valence-corrected chi connectivity index (χ4v) is 2.34. The Hall–Kier alpha value is -3.74. The van der Waals surface area contributed by atoms with Crippen molar-refractivity contribution >= 4 is 23.3 Å². The molecule has 0 saturated heterocycles. The van der Waals surface area contributed by atoms with E-state index in [1.807, 2.05) is 31.2 Å². The molecule has 3 rings (SSSR count). The molecule has 0 unspecified atom stereocenters. The lowest BCUT2D eigenvalue weighted by molar-refractivity contribution is 0.0998. The van der Waals surface area contributed by atoms with Crippen LogP contribution in [0.3, 0.4) is 0 Å². The van der Waals surface area contributed by atoms with Crippen LogP contribution in [0.15, 0.2) is 54.7 Å². The van der Waals surface area contributed by atoms with Crippen LogP contribution in [0.5, 0.6) is 0 Å². The van der Waals surface area contributed by atoms with Gasteiger partial charge in [0, 0.05) is 16.8 Å². The number of nitrogens with one attached hydrogen (secondary N) is 1. The number of carbonyl (C=O) groups is 2. The molecule has 0 aliphatic rings. The Morgan fingerprint density at radius 2 is 1.65 bits per heavy atom. The topological polar surface area (TPSA) is 124 Å². The van der Waals surface area contributed by atoms with Gasteiger partial charge in [-0.15, -0.1) is 0 Å². The number of nitrogens with two attached hydrogens (primary N) is 2. The Morgan fingerprint density at radius 3 is 2.27 bits per heavy atom. The van der Waals surface area contributed by atoms with Crippen molar-refractivity contribution in [3.63, 3.8) is 0 Å². The van der Waals surface area contributed by atoms with Crippen molar-refractivity contribution in [3.05, 3.63) is 71.5 Å². The van der Waals surface area contributed by atoms with Crippen LogP contribution in [-0.2, 0) is 0 Å². The Bertz CT molecular complexity index is 966. The molecule has 0 saturated carbocycles. The Labute approximate surface area is 150 Å². The molecule has 130 valence electrons. The minimum Gasteiger partial charge on any atom is -0.382 e. The minimum atomic E-state index is -0.538. The first-order valence-corrected chi connectivity index (χ1v) is 7.85. The summed E-state index contributed by atoms with van der Waals surface area (Å²) >= 11 is 0. The highest BCUT2D eigenvalue weighted by Gasteiger charge is 2.15. The van der Waals surface area contributed by atoms with Crippen LogP contribution in [0.4, 0.5) is 11.5 Å². The van der Waals surface area contributed by atoms with Gasteiger partial charge in [-0.05, 0) is 31.2 Å². The molecule has 3 aromatic rings. The summed E-state index contributed by atoms with van der Waals surface area (Å²) in [5.41, 5.74) is 14.4. The number of nitrogens with zero attached hydrogens (tertiary/aromatic N) is 2. The highest BCUT2D eigenvalue weighted by molar-refractivity contribution is 6.06. The number of aryl methyl sites for hydroxylation is 1. The Morgan fingerprint density at radius 1 is 1.00 bits per heavy atom. The number of primary amides is 1. The van der Waals surface area contributed by atoms with E-state index >= 15 is 0 Å². The van der Waals surface area contributed by atoms with Gasteiger partial charge in [0.1, 0.15) is 0 Å². The maximum absolute atomic E-state index is 12.5. The van der Waals surface area contributed by atoms with Crippen molar-refractivity contribution in [2.75, 3.05) is 11.1 Å². The van der Waals surface area contributed by atoms with E-state index in [1.54, 1.807) is 12.1 Å². The van der Waals surface area contributed by atoms with Gasteiger partial charge in [-0.2, -0.15) is 0 Å². The average molecular weight is 347 g/mol. The van der Waals surface area contributed by atoms with Gasteiger partial charge < -0.3 is 16.8 Å². The quantitative estimate of drug-likeness (QED) is 0.668. The summed E-state index contributed by atoms with van der Waals surface area (Å²) in [4.78, 5) is 32.0. The first-order chi connectivity index (χ1) is 12.4. The number of hydrogen-bond donors (Lipinski definition) is 3.